The molecule has 5 heteroatoms. The number of nitrogens with one attached hydrogen (secondary N) is 1. The molecule has 1 aliphatic rings. The molecule has 2 rings (SSSR count). The van der Waals surface area contributed by atoms with Crippen molar-refractivity contribution in [2.24, 2.45) is 0 Å². The van der Waals surface area contributed by atoms with Gasteiger partial charge in [-0.05, 0) is 25.0 Å². The van der Waals surface area contributed by atoms with E-state index in [4.69, 9.17) is 27.9 Å². The third-order valence-corrected chi connectivity index (χ3v) is 4.13. The van der Waals surface area contributed by atoms with Crippen LogP contribution in [0.25, 0.3) is 0 Å². The summed E-state index contributed by atoms with van der Waals surface area (Å²) in [5.74, 6) is 0. The highest BCUT2D eigenvalue weighted by Gasteiger charge is 2.17. The summed E-state index contributed by atoms with van der Waals surface area (Å²) in [6, 6.07) is 5.38. The number of ether oxygens (including phenoxy) is 1. The van der Waals surface area contributed by atoms with Crippen molar-refractivity contribution in [3.05, 3.63) is 28.2 Å². The minimum atomic E-state index is -0.546. The molecule has 1 unspecified atom stereocenters. The molecule has 0 radical (unpaired) electrons. The topological polar surface area (TPSA) is 41.5 Å². The first kappa shape index (κ1) is 14.9. The number of anilines is 1. The third kappa shape index (κ3) is 4.53. The highest BCUT2D eigenvalue weighted by atomic mass is 35.5. The van der Waals surface area contributed by atoms with Crippen molar-refractivity contribution >= 4 is 28.9 Å². The summed E-state index contributed by atoms with van der Waals surface area (Å²) < 4.78 is 5.66. The average Bonchev–Trinajstić information content (AvgIpc) is 2.91. The monoisotopic (exact) mass is 303 g/mol. The maximum absolute atomic E-state index is 9.87. The van der Waals surface area contributed by atoms with E-state index in [9.17, 15) is 5.11 Å². The van der Waals surface area contributed by atoms with Crippen LogP contribution in [0.1, 0.15) is 25.7 Å². The molecule has 19 heavy (non-hydrogen) atoms. The minimum absolute atomic E-state index is 0.324. The molecule has 0 saturated heterocycles. The Bertz CT molecular complexity index is 408. The smallest absolute Gasteiger partial charge is 0.0945 e. The second-order valence-electron chi connectivity index (χ2n) is 4.88. The number of hydrogen-bond donors (Lipinski definition) is 2. The average molecular weight is 304 g/mol. The van der Waals surface area contributed by atoms with Gasteiger partial charge in [0.2, 0.25) is 0 Å². The quantitative estimate of drug-likeness (QED) is 0.841. The number of aliphatic hydroxyl groups is 1. The Morgan fingerprint density at radius 3 is 2.79 bits per heavy atom. The van der Waals surface area contributed by atoms with E-state index in [0.29, 0.717) is 29.3 Å². The summed E-state index contributed by atoms with van der Waals surface area (Å²) in [5.41, 5.74) is 0.731. The minimum Gasteiger partial charge on any atom is -0.389 e. The lowest BCUT2D eigenvalue weighted by Crippen LogP contribution is -2.27. The van der Waals surface area contributed by atoms with E-state index < -0.39 is 6.10 Å². The van der Waals surface area contributed by atoms with Crippen LogP contribution in [-0.4, -0.2) is 30.5 Å². The number of halogens is 2. The first-order valence-electron chi connectivity index (χ1n) is 6.64. The van der Waals surface area contributed by atoms with Gasteiger partial charge in [-0.3, -0.25) is 0 Å². The zero-order valence-corrected chi connectivity index (χ0v) is 12.3. The van der Waals surface area contributed by atoms with Gasteiger partial charge in [-0.2, -0.15) is 0 Å². The maximum atomic E-state index is 9.87. The van der Waals surface area contributed by atoms with Crippen LogP contribution in [-0.2, 0) is 4.74 Å². The fraction of sp³-hybridized carbons (Fsp3) is 0.571. The molecule has 106 valence electrons. The molecule has 0 aliphatic heterocycles. The number of benzene rings is 1. The lowest BCUT2D eigenvalue weighted by molar-refractivity contribution is -0.00117. The van der Waals surface area contributed by atoms with Gasteiger partial charge in [-0.25, -0.2) is 0 Å². The van der Waals surface area contributed by atoms with Crippen LogP contribution in [0.5, 0.6) is 0 Å². The molecule has 1 saturated carbocycles. The molecule has 1 aliphatic carbocycles. The fourth-order valence-electron chi connectivity index (χ4n) is 2.23. The summed E-state index contributed by atoms with van der Waals surface area (Å²) in [6.07, 6.45) is 4.47. The van der Waals surface area contributed by atoms with E-state index in [1.807, 2.05) is 12.1 Å². The summed E-state index contributed by atoms with van der Waals surface area (Å²) in [5, 5.41) is 13.9. The third-order valence-electron chi connectivity index (χ3n) is 3.31. The van der Waals surface area contributed by atoms with Crippen molar-refractivity contribution in [3.8, 4) is 0 Å². The van der Waals surface area contributed by atoms with Crippen molar-refractivity contribution in [2.75, 3.05) is 18.5 Å². The number of aliphatic hydroxyl groups excluding tert-OH is 1. The molecule has 0 aromatic heterocycles. The molecule has 0 bridgehead atoms. The molecule has 1 aromatic carbocycles. The lowest BCUT2D eigenvalue weighted by atomic mass is 10.3. The molecule has 0 amide bonds. The highest BCUT2D eigenvalue weighted by molar-refractivity contribution is 6.43. The zero-order chi connectivity index (χ0) is 13.7. The van der Waals surface area contributed by atoms with Crippen LogP contribution in [0, 0.1) is 0 Å². The molecular formula is C14H19Cl2NO2. The second-order valence-corrected chi connectivity index (χ2v) is 5.66. The Balaban J connectivity index is 1.73. The van der Waals surface area contributed by atoms with Crippen LogP contribution < -0.4 is 5.32 Å². The van der Waals surface area contributed by atoms with Gasteiger partial charge in [-0.1, -0.05) is 42.1 Å². The Kier molecular flexibility index (Phi) is 5.76. The summed E-state index contributed by atoms with van der Waals surface area (Å²) in [6.45, 7) is 0.753. The fourth-order valence-corrected chi connectivity index (χ4v) is 2.60. The van der Waals surface area contributed by atoms with E-state index in [2.05, 4.69) is 5.32 Å². The Morgan fingerprint density at radius 2 is 2.05 bits per heavy atom. The van der Waals surface area contributed by atoms with Gasteiger partial charge in [0, 0.05) is 6.54 Å². The largest absolute Gasteiger partial charge is 0.389 e. The molecule has 1 aromatic rings. The predicted octanol–water partition coefficient (Wildman–Crippen LogP) is 3.73. The SMILES string of the molecule is OC(CNc1cccc(Cl)c1Cl)COC1CCCC1. The van der Waals surface area contributed by atoms with Crippen molar-refractivity contribution in [1.82, 2.24) is 0 Å². The van der Waals surface area contributed by atoms with Crippen LogP contribution in [0.15, 0.2) is 18.2 Å². The predicted molar refractivity (Wildman–Crippen MR) is 79.2 cm³/mol. The van der Waals surface area contributed by atoms with Crippen LogP contribution in [0.3, 0.4) is 0 Å². The lowest BCUT2D eigenvalue weighted by Gasteiger charge is -2.17. The Labute approximate surface area is 123 Å². The van der Waals surface area contributed by atoms with E-state index in [-0.39, 0.29) is 0 Å². The van der Waals surface area contributed by atoms with Gasteiger partial charge < -0.3 is 15.2 Å². The molecule has 1 fully saturated rings. The van der Waals surface area contributed by atoms with Gasteiger partial charge >= 0.3 is 0 Å². The second kappa shape index (κ2) is 7.34. The van der Waals surface area contributed by atoms with Gasteiger partial charge in [0.05, 0.1) is 34.5 Å². The molecule has 3 nitrogen and oxygen atoms in total. The van der Waals surface area contributed by atoms with E-state index >= 15 is 0 Å². The van der Waals surface area contributed by atoms with E-state index in [1.165, 1.54) is 12.8 Å². The van der Waals surface area contributed by atoms with Crippen molar-refractivity contribution in [3.63, 3.8) is 0 Å². The first-order chi connectivity index (χ1) is 9.16. The van der Waals surface area contributed by atoms with Crippen molar-refractivity contribution in [2.45, 2.75) is 37.9 Å². The first-order valence-corrected chi connectivity index (χ1v) is 7.40. The van der Waals surface area contributed by atoms with Crippen LogP contribution in [0.2, 0.25) is 10.0 Å². The molecule has 2 N–H and O–H groups in total. The number of hydrogen-bond acceptors (Lipinski definition) is 3. The summed E-state index contributed by atoms with van der Waals surface area (Å²) in [4.78, 5) is 0. The van der Waals surface area contributed by atoms with Gasteiger partial charge in [0.15, 0.2) is 0 Å². The normalized spacial score (nSPS) is 17.6. The maximum Gasteiger partial charge on any atom is 0.0945 e. The molecule has 1 atom stereocenters. The van der Waals surface area contributed by atoms with Crippen molar-refractivity contribution < 1.29 is 9.84 Å². The molecule has 0 heterocycles. The van der Waals surface area contributed by atoms with E-state index in [1.54, 1.807) is 6.07 Å². The zero-order valence-electron chi connectivity index (χ0n) is 10.7. The summed E-state index contributed by atoms with van der Waals surface area (Å²) >= 11 is 12.0. The summed E-state index contributed by atoms with van der Waals surface area (Å²) in [7, 11) is 0. The Morgan fingerprint density at radius 1 is 1.32 bits per heavy atom. The van der Waals surface area contributed by atoms with Crippen LogP contribution in [0.4, 0.5) is 5.69 Å². The van der Waals surface area contributed by atoms with Crippen LogP contribution >= 0.6 is 23.2 Å². The van der Waals surface area contributed by atoms with Gasteiger partial charge in [-0.15, -0.1) is 0 Å². The number of rotatable bonds is 6. The van der Waals surface area contributed by atoms with Gasteiger partial charge in [0.1, 0.15) is 0 Å². The molecule has 0 spiro atoms. The molecular weight excluding hydrogens is 285 g/mol. The Hall–Kier alpha value is -0.480. The van der Waals surface area contributed by atoms with Crippen molar-refractivity contribution in [1.29, 1.82) is 0 Å². The van der Waals surface area contributed by atoms with E-state index in [0.717, 1.165) is 18.5 Å². The standard InChI is InChI=1S/C14H19Cl2NO2/c15-12-6-3-7-13(14(12)16)17-8-10(18)9-19-11-4-1-2-5-11/h3,6-7,10-11,17-18H,1-2,4-5,8-9H2. The highest BCUT2D eigenvalue weighted by Crippen LogP contribution is 2.29. The van der Waals surface area contributed by atoms with Gasteiger partial charge in [0.25, 0.3) is 0 Å².